The second-order valence-electron chi connectivity index (χ2n) is 10.4. The van der Waals surface area contributed by atoms with E-state index in [1.807, 2.05) is 52.0 Å². The Bertz CT molecular complexity index is 1100. The lowest BCUT2D eigenvalue weighted by Gasteiger charge is -2.32. The highest BCUT2D eigenvalue weighted by Gasteiger charge is 2.52. The van der Waals surface area contributed by atoms with Crippen molar-refractivity contribution < 1.29 is 28.7 Å². The molecule has 2 heterocycles. The minimum atomic E-state index is -0.673. The highest BCUT2D eigenvalue weighted by Crippen LogP contribution is 2.41. The Morgan fingerprint density at radius 2 is 1.73 bits per heavy atom. The predicted octanol–water partition coefficient (Wildman–Crippen LogP) is 5.51. The van der Waals surface area contributed by atoms with E-state index in [2.05, 4.69) is 25.4 Å². The zero-order chi connectivity index (χ0) is 27.2. The topological polar surface area (TPSA) is 87.1 Å². The largest absolute Gasteiger partial charge is 0.494 e. The maximum atomic E-state index is 13.0. The van der Waals surface area contributed by atoms with Gasteiger partial charge in [-0.15, -0.1) is 0 Å². The van der Waals surface area contributed by atoms with E-state index in [1.54, 1.807) is 30.6 Å². The molecule has 1 aromatic carbocycles. The number of carbonyl (C=O) groups is 1. The summed E-state index contributed by atoms with van der Waals surface area (Å²) in [4.78, 5) is 17.0. The molecule has 0 amide bonds. The molecule has 1 aliphatic heterocycles. The van der Waals surface area contributed by atoms with Crippen molar-refractivity contribution in [2.24, 2.45) is 5.92 Å². The zero-order valence-corrected chi connectivity index (χ0v) is 22.7. The molecule has 0 bridgehead atoms. The second kappa shape index (κ2) is 12.1. The van der Waals surface area contributed by atoms with E-state index in [-0.39, 0.29) is 19.1 Å². The van der Waals surface area contributed by atoms with Crippen LogP contribution in [0.5, 0.6) is 5.75 Å². The summed E-state index contributed by atoms with van der Waals surface area (Å²) in [6.45, 7) is 16.5. The van der Waals surface area contributed by atoms with Gasteiger partial charge in [-0.2, -0.15) is 0 Å². The van der Waals surface area contributed by atoms with Crippen LogP contribution in [0.25, 0.3) is 0 Å². The van der Waals surface area contributed by atoms with Crippen molar-refractivity contribution in [3.63, 3.8) is 0 Å². The molecule has 8 heteroatoms. The summed E-state index contributed by atoms with van der Waals surface area (Å²) in [6, 6.07) is 10.6. The van der Waals surface area contributed by atoms with Gasteiger partial charge in [-0.1, -0.05) is 50.3 Å². The van der Waals surface area contributed by atoms with E-state index in [9.17, 15) is 9.90 Å². The van der Waals surface area contributed by atoms with Gasteiger partial charge in [0.1, 0.15) is 18.5 Å². The van der Waals surface area contributed by atoms with Gasteiger partial charge in [-0.05, 0) is 57.3 Å². The molecule has 1 fully saturated rings. The molecule has 1 aromatic heterocycles. The van der Waals surface area contributed by atoms with Crippen molar-refractivity contribution in [1.29, 1.82) is 0 Å². The highest BCUT2D eigenvalue weighted by molar-refractivity contribution is 6.56. The van der Waals surface area contributed by atoms with Gasteiger partial charge in [-0.3, -0.25) is 4.98 Å². The van der Waals surface area contributed by atoms with Crippen molar-refractivity contribution in [3.8, 4) is 5.75 Å². The van der Waals surface area contributed by atoms with Gasteiger partial charge in [0, 0.05) is 24.4 Å². The molecule has 1 aliphatic rings. The van der Waals surface area contributed by atoms with Crippen molar-refractivity contribution in [1.82, 2.24) is 4.98 Å². The number of hydrogen-bond donors (Lipinski definition) is 1. The summed E-state index contributed by atoms with van der Waals surface area (Å²) in [5.41, 5.74) is 1.79. The Labute approximate surface area is 220 Å². The van der Waals surface area contributed by atoms with Crippen LogP contribution in [0.1, 0.15) is 70.0 Å². The van der Waals surface area contributed by atoms with Crippen LogP contribution < -0.4 is 4.74 Å². The van der Waals surface area contributed by atoms with Gasteiger partial charge >= 0.3 is 13.1 Å². The molecular formula is C29H38BNO6. The average molecular weight is 507 g/mol. The smallest absolute Gasteiger partial charge is 0.491 e. The van der Waals surface area contributed by atoms with Gasteiger partial charge in [0.25, 0.3) is 0 Å². The lowest BCUT2D eigenvalue weighted by molar-refractivity contribution is 0.00578. The number of aromatic nitrogens is 1. The minimum absolute atomic E-state index is 0.126. The lowest BCUT2D eigenvalue weighted by Crippen LogP contribution is -2.41. The molecule has 1 saturated heterocycles. The molecule has 37 heavy (non-hydrogen) atoms. The maximum absolute atomic E-state index is 13.0. The van der Waals surface area contributed by atoms with Crippen LogP contribution >= 0.6 is 0 Å². The van der Waals surface area contributed by atoms with Gasteiger partial charge in [0.2, 0.25) is 0 Å². The summed E-state index contributed by atoms with van der Waals surface area (Å²) >= 11 is 0. The number of rotatable bonds is 11. The number of nitrogens with zero attached hydrogens (tertiary/aromatic N) is 1. The van der Waals surface area contributed by atoms with Crippen LogP contribution in [-0.4, -0.2) is 47.6 Å². The van der Waals surface area contributed by atoms with Crippen LogP contribution in [0.15, 0.2) is 72.5 Å². The fourth-order valence-electron chi connectivity index (χ4n) is 3.87. The maximum Gasteiger partial charge on any atom is 0.494 e. The van der Waals surface area contributed by atoms with E-state index >= 15 is 0 Å². The molecule has 0 spiro atoms. The zero-order valence-electron chi connectivity index (χ0n) is 22.7. The van der Waals surface area contributed by atoms with Crippen LogP contribution in [0.4, 0.5) is 0 Å². The molecule has 0 saturated carbocycles. The Balaban J connectivity index is 1.99. The van der Waals surface area contributed by atoms with Crippen molar-refractivity contribution in [2.75, 3.05) is 13.2 Å². The molecule has 0 unspecified atom stereocenters. The molecule has 198 valence electrons. The molecule has 1 N–H and O–H groups in total. The molecular weight excluding hydrogens is 469 g/mol. The average Bonchev–Trinajstić information content (AvgIpc) is 3.08. The SMILES string of the molecule is C=C(/C(=C/C[C@H](OC(=O)c1ccncc1)c1ccccc1OCCO)B1OC(C)(C)C(C)(C)O1)C(C)C. The summed E-state index contributed by atoms with van der Waals surface area (Å²) in [6.07, 6.45) is 4.74. The summed E-state index contributed by atoms with van der Waals surface area (Å²) in [5, 5.41) is 9.28. The van der Waals surface area contributed by atoms with E-state index in [0.717, 1.165) is 11.0 Å². The summed E-state index contributed by atoms with van der Waals surface area (Å²) < 4.78 is 24.5. The Morgan fingerprint density at radius 1 is 1.11 bits per heavy atom. The normalized spacial score (nSPS) is 17.5. The summed E-state index contributed by atoms with van der Waals surface area (Å²) in [5.74, 6) is 0.221. The molecule has 3 rings (SSSR count). The molecule has 1 atom stereocenters. The number of aliphatic hydroxyl groups is 1. The molecule has 0 aliphatic carbocycles. The van der Waals surface area contributed by atoms with Gasteiger partial charge in [0.15, 0.2) is 0 Å². The standard InChI is InChI=1S/C29H38BNO6/c1-20(2)21(3)24(30-36-28(4,5)29(6,7)37-30)12-13-26(35-27(33)22-14-16-31-17-15-22)23-10-8-9-11-25(23)34-19-18-32/h8-12,14-17,20,26,32H,3,13,18-19H2,1-2,4-7H3/b24-12-/t26-/m0/s1. The van der Waals surface area contributed by atoms with Crippen LogP contribution in [0.2, 0.25) is 0 Å². The van der Waals surface area contributed by atoms with E-state index in [1.165, 1.54) is 0 Å². The van der Waals surface area contributed by atoms with Crippen molar-refractivity contribution in [3.05, 3.63) is 83.6 Å². The number of carbonyl (C=O) groups excluding carboxylic acids is 1. The summed E-state index contributed by atoms with van der Waals surface area (Å²) in [7, 11) is -0.600. The first-order valence-electron chi connectivity index (χ1n) is 12.6. The number of benzene rings is 1. The van der Waals surface area contributed by atoms with Gasteiger partial charge in [-0.25, -0.2) is 4.79 Å². The first-order valence-corrected chi connectivity index (χ1v) is 12.6. The third kappa shape index (κ3) is 6.89. The van der Waals surface area contributed by atoms with E-state index < -0.39 is 30.4 Å². The Kier molecular flexibility index (Phi) is 9.34. The number of hydrogen-bond acceptors (Lipinski definition) is 7. The number of allylic oxidation sites excluding steroid dienone is 2. The fourth-order valence-corrected chi connectivity index (χ4v) is 3.87. The fraction of sp³-hybridized carbons (Fsp3) is 0.448. The Hall–Kier alpha value is -2.94. The molecule has 7 nitrogen and oxygen atoms in total. The molecule has 0 radical (unpaired) electrons. The van der Waals surface area contributed by atoms with Crippen LogP contribution in [0.3, 0.4) is 0 Å². The third-order valence-electron chi connectivity index (χ3n) is 6.91. The highest BCUT2D eigenvalue weighted by atomic mass is 16.7. The number of pyridine rings is 1. The lowest BCUT2D eigenvalue weighted by atomic mass is 9.70. The van der Waals surface area contributed by atoms with Crippen LogP contribution in [0, 0.1) is 5.92 Å². The Morgan fingerprint density at radius 3 is 2.32 bits per heavy atom. The van der Waals surface area contributed by atoms with Crippen LogP contribution in [-0.2, 0) is 14.0 Å². The predicted molar refractivity (Wildman–Crippen MR) is 144 cm³/mol. The number of ether oxygens (including phenoxy) is 2. The number of para-hydroxylation sites is 1. The van der Waals surface area contributed by atoms with Crippen molar-refractivity contribution in [2.45, 2.75) is 65.3 Å². The van der Waals surface area contributed by atoms with E-state index in [4.69, 9.17) is 18.8 Å². The molecule has 2 aromatic rings. The first kappa shape index (κ1) is 28.6. The number of esters is 1. The minimum Gasteiger partial charge on any atom is -0.491 e. The third-order valence-corrected chi connectivity index (χ3v) is 6.91. The monoisotopic (exact) mass is 507 g/mol. The number of aliphatic hydroxyl groups excluding tert-OH is 1. The van der Waals surface area contributed by atoms with Gasteiger partial charge in [0.05, 0.1) is 23.4 Å². The first-order chi connectivity index (χ1) is 17.5. The second-order valence-corrected chi connectivity index (χ2v) is 10.4. The van der Waals surface area contributed by atoms with Crippen molar-refractivity contribution >= 4 is 13.1 Å². The van der Waals surface area contributed by atoms with E-state index in [0.29, 0.717) is 23.3 Å². The van der Waals surface area contributed by atoms with Gasteiger partial charge < -0.3 is 23.9 Å². The quantitative estimate of drug-likeness (QED) is 0.244.